The minimum absolute atomic E-state index is 0.262. The molecule has 2 N–H and O–H groups in total. The second-order valence-electron chi connectivity index (χ2n) is 4.93. The number of hydrogen-bond donors (Lipinski definition) is 1. The number of nitrogens with zero attached hydrogens (tertiary/aromatic N) is 1. The number of nitrogen functional groups attached to an aromatic ring is 1. The van der Waals surface area contributed by atoms with E-state index >= 15 is 0 Å². The third-order valence-corrected chi connectivity index (χ3v) is 3.24. The summed E-state index contributed by atoms with van der Waals surface area (Å²) in [6.45, 7) is 1.69. The Labute approximate surface area is 125 Å². The Morgan fingerprint density at radius 1 is 1.23 bits per heavy atom. The fourth-order valence-corrected chi connectivity index (χ4v) is 2.12. The molecule has 112 valence electrons. The highest BCUT2D eigenvalue weighted by atomic mass is 16.5. The number of aryl methyl sites for hydroxylation is 1. The van der Waals surface area contributed by atoms with Crippen molar-refractivity contribution in [2.24, 2.45) is 0 Å². The number of nitrogens with two attached hydrogens (primary N) is 1. The first-order valence-electron chi connectivity index (χ1n) is 6.68. The first-order chi connectivity index (χ1) is 10.5. The molecule has 22 heavy (non-hydrogen) atoms. The number of ether oxygens (including phenoxy) is 1. The summed E-state index contributed by atoms with van der Waals surface area (Å²) in [6.07, 6.45) is 0. The van der Waals surface area contributed by atoms with Gasteiger partial charge in [0, 0.05) is 11.8 Å². The molecule has 0 unspecified atom stereocenters. The van der Waals surface area contributed by atoms with Gasteiger partial charge >= 0.3 is 5.76 Å². The Morgan fingerprint density at radius 3 is 2.68 bits per heavy atom. The van der Waals surface area contributed by atoms with E-state index in [2.05, 4.69) is 0 Å². The van der Waals surface area contributed by atoms with Crippen molar-refractivity contribution in [3.05, 3.63) is 58.6 Å². The standard InChI is InChI=1S/C16H14N2O4/c1-10-2-5-12(6-3-10)21-9-15(19)18-13-7-4-11(17)8-14(13)22-16(18)20/h2-8H,9,17H2,1H3. The zero-order valence-electron chi connectivity index (χ0n) is 11.9. The molecule has 0 amide bonds. The topological polar surface area (TPSA) is 87.5 Å². The predicted molar refractivity (Wildman–Crippen MR) is 82.2 cm³/mol. The van der Waals surface area contributed by atoms with Gasteiger partial charge in [-0.2, -0.15) is 0 Å². The van der Waals surface area contributed by atoms with Gasteiger partial charge in [0.15, 0.2) is 12.2 Å². The van der Waals surface area contributed by atoms with E-state index in [0.717, 1.165) is 10.1 Å². The Kier molecular flexibility index (Phi) is 3.42. The highest BCUT2D eigenvalue weighted by molar-refractivity contribution is 5.90. The average molecular weight is 298 g/mol. The lowest BCUT2D eigenvalue weighted by atomic mass is 10.2. The highest BCUT2D eigenvalue weighted by Crippen LogP contribution is 2.16. The summed E-state index contributed by atoms with van der Waals surface area (Å²) in [7, 11) is 0. The molecule has 0 bridgehead atoms. The van der Waals surface area contributed by atoms with Crippen LogP contribution >= 0.6 is 0 Å². The van der Waals surface area contributed by atoms with E-state index in [-0.39, 0.29) is 12.2 Å². The van der Waals surface area contributed by atoms with E-state index in [1.807, 2.05) is 19.1 Å². The molecule has 1 aromatic heterocycles. The van der Waals surface area contributed by atoms with Crippen molar-refractivity contribution >= 4 is 22.7 Å². The molecule has 0 atom stereocenters. The molecule has 0 radical (unpaired) electrons. The van der Waals surface area contributed by atoms with Crippen molar-refractivity contribution in [1.29, 1.82) is 0 Å². The SMILES string of the molecule is Cc1ccc(OCC(=O)n2c(=O)oc3cc(N)ccc32)cc1. The number of aromatic nitrogens is 1. The second kappa shape index (κ2) is 5.40. The molecule has 0 aliphatic carbocycles. The van der Waals surface area contributed by atoms with Gasteiger partial charge in [0.25, 0.3) is 5.91 Å². The van der Waals surface area contributed by atoms with Gasteiger partial charge in [0.1, 0.15) is 5.75 Å². The van der Waals surface area contributed by atoms with Crippen LogP contribution in [0.25, 0.3) is 11.1 Å². The van der Waals surface area contributed by atoms with Crippen LogP contribution < -0.4 is 16.2 Å². The first kappa shape index (κ1) is 13.9. The van der Waals surface area contributed by atoms with Crippen LogP contribution in [-0.2, 0) is 0 Å². The van der Waals surface area contributed by atoms with Crippen LogP contribution in [0.4, 0.5) is 5.69 Å². The summed E-state index contributed by atoms with van der Waals surface area (Å²) < 4.78 is 11.4. The third kappa shape index (κ3) is 2.58. The quantitative estimate of drug-likeness (QED) is 0.749. The molecular weight excluding hydrogens is 284 g/mol. The summed E-state index contributed by atoms with van der Waals surface area (Å²) in [6, 6.07) is 12.0. The van der Waals surface area contributed by atoms with Crippen LogP contribution in [0.3, 0.4) is 0 Å². The van der Waals surface area contributed by atoms with Crippen molar-refractivity contribution < 1.29 is 13.9 Å². The third-order valence-electron chi connectivity index (χ3n) is 3.24. The Hall–Kier alpha value is -3.02. The van der Waals surface area contributed by atoms with Gasteiger partial charge in [-0.25, -0.2) is 9.36 Å². The smallest absolute Gasteiger partial charge is 0.426 e. The van der Waals surface area contributed by atoms with E-state index in [1.54, 1.807) is 24.3 Å². The number of carbonyl (C=O) groups is 1. The van der Waals surface area contributed by atoms with Crippen LogP contribution in [0, 0.1) is 6.92 Å². The second-order valence-corrected chi connectivity index (χ2v) is 4.93. The fraction of sp³-hybridized carbons (Fsp3) is 0.125. The van der Waals surface area contributed by atoms with Gasteiger partial charge in [0.2, 0.25) is 0 Å². The fourth-order valence-electron chi connectivity index (χ4n) is 2.12. The first-order valence-corrected chi connectivity index (χ1v) is 6.68. The minimum Gasteiger partial charge on any atom is -0.484 e. The molecule has 6 heteroatoms. The summed E-state index contributed by atoms with van der Waals surface area (Å²) in [5.74, 6) is -0.698. The summed E-state index contributed by atoms with van der Waals surface area (Å²) in [5.41, 5.74) is 7.82. The van der Waals surface area contributed by atoms with E-state index in [1.165, 1.54) is 6.07 Å². The number of rotatable bonds is 3. The molecule has 3 aromatic rings. The van der Waals surface area contributed by atoms with Crippen molar-refractivity contribution in [2.45, 2.75) is 6.92 Å². The number of hydrogen-bond acceptors (Lipinski definition) is 5. The number of benzene rings is 2. The highest BCUT2D eigenvalue weighted by Gasteiger charge is 2.16. The molecule has 3 rings (SSSR count). The molecule has 0 spiro atoms. The normalized spacial score (nSPS) is 10.8. The molecular formula is C16H14N2O4. The van der Waals surface area contributed by atoms with Crippen molar-refractivity contribution in [3.8, 4) is 5.75 Å². The van der Waals surface area contributed by atoms with E-state index in [9.17, 15) is 9.59 Å². The monoisotopic (exact) mass is 298 g/mol. The van der Waals surface area contributed by atoms with Gasteiger partial charge < -0.3 is 14.9 Å². The number of anilines is 1. The Bertz CT molecular complexity index is 891. The zero-order chi connectivity index (χ0) is 15.7. The van der Waals surface area contributed by atoms with Gasteiger partial charge in [-0.15, -0.1) is 0 Å². The Balaban J connectivity index is 1.84. The van der Waals surface area contributed by atoms with Crippen LogP contribution in [-0.4, -0.2) is 17.1 Å². The van der Waals surface area contributed by atoms with Crippen LogP contribution in [0.15, 0.2) is 51.7 Å². The predicted octanol–water partition coefficient (Wildman–Crippen LogP) is 2.20. The lowest BCUT2D eigenvalue weighted by molar-refractivity contribution is 0.0834. The zero-order valence-corrected chi connectivity index (χ0v) is 11.9. The van der Waals surface area contributed by atoms with Crippen molar-refractivity contribution in [3.63, 3.8) is 0 Å². The molecule has 2 aromatic carbocycles. The summed E-state index contributed by atoms with van der Waals surface area (Å²) >= 11 is 0. The molecule has 1 heterocycles. The molecule has 0 fully saturated rings. The summed E-state index contributed by atoms with van der Waals surface area (Å²) in [4.78, 5) is 24.0. The maximum Gasteiger partial charge on any atom is 0.426 e. The largest absolute Gasteiger partial charge is 0.484 e. The maximum absolute atomic E-state index is 12.2. The lowest BCUT2D eigenvalue weighted by Crippen LogP contribution is -2.27. The molecule has 0 saturated heterocycles. The van der Waals surface area contributed by atoms with Crippen molar-refractivity contribution in [1.82, 2.24) is 4.57 Å². The molecule has 0 aliphatic rings. The van der Waals surface area contributed by atoms with E-state index in [4.69, 9.17) is 14.9 Å². The van der Waals surface area contributed by atoms with Crippen LogP contribution in [0.1, 0.15) is 10.4 Å². The lowest BCUT2D eigenvalue weighted by Gasteiger charge is -2.06. The van der Waals surface area contributed by atoms with Gasteiger partial charge in [-0.1, -0.05) is 17.7 Å². The average Bonchev–Trinajstić information content (AvgIpc) is 2.81. The maximum atomic E-state index is 12.2. The molecule has 6 nitrogen and oxygen atoms in total. The molecule has 0 aliphatic heterocycles. The number of carbonyl (C=O) groups excluding carboxylic acids is 1. The Morgan fingerprint density at radius 2 is 1.95 bits per heavy atom. The van der Waals surface area contributed by atoms with Crippen LogP contribution in [0.5, 0.6) is 5.75 Å². The molecule has 0 saturated carbocycles. The van der Waals surface area contributed by atoms with Gasteiger partial charge in [-0.05, 0) is 31.2 Å². The number of fused-ring (bicyclic) bond motifs is 1. The minimum atomic E-state index is -0.752. The van der Waals surface area contributed by atoms with Gasteiger partial charge in [-0.3, -0.25) is 4.79 Å². The van der Waals surface area contributed by atoms with Crippen molar-refractivity contribution in [2.75, 3.05) is 12.3 Å². The van der Waals surface area contributed by atoms with Crippen LogP contribution in [0.2, 0.25) is 0 Å². The number of oxazole rings is 1. The summed E-state index contributed by atoms with van der Waals surface area (Å²) in [5, 5.41) is 0. The van der Waals surface area contributed by atoms with E-state index in [0.29, 0.717) is 17.0 Å². The van der Waals surface area contributed by atoms with E-state index < -0.39 is 11.7 Å². The van der Waals surface area contributed by atoms with Gasteiger partial charge in [0.05, 0.1) is 5.52 Å².